The molecule has 2 aromatic rings. The van der Waals surface area contributed by atoms with Gasteiger partial charge in [-0.05, 0) is 49.8 Å². The molecule has 2 aliphatic rings. The predicted octanol–water partition coefficient (Wildman–Crippen LogP) is 2.61. The minimum atomic E-state index is -0.454. The summed E-state index contributed by atoms with van der Waals surface area (Å²) in [6.07, 6.45) is 2.57. The zero-order valence-electron chi connectivity index (χ0n) is 14.3. The van der Waals surface area contributed by atoms with Gasteiger partial charge in [0.1, 0.15) is 18.2 Å². The van der Waals surface area contributed by atoms with Crippen LogP contribution in [0.25, 0.3) is 0 Å². The van der Waals surface area contributed by atoms with E-state index in [1.807, 2.05) is 22.9 Å². The van der Waals surface area contributed by atoms with Crippen LogP contribution in [0.1, 0.15) is 19.8 Å². The third kappa shape index (κ3) is 3.33. The van der Waals surface area contributed by atoms with Crippen molar-refractivity contribution in [3.63, 3.8) is 0 Å². The molecule has 6 nitrogen and oxygen atoms in total. The molecule has 1 saturated carbocycles. The van der Waals surface area contributed by atoms with Crippen molar-refractivity contribution >= 4 is 17.5 Å². The molecule has 1 N–H and O–H groups in total. The van der Waals surface area contributed by atoms with Gasteiger partial charge in [0.2, 0.25) is 5.95 Å². The van der Waals surface area contributed by atoms with Crippen molar-refractivity contribution in [1.29, 1.82) is 0 Å². The molecule has 0 spiro atoms. The third-order valence-electron chi connectivity index (χ3n) is 5.35. The number of aromatic nitrogens is 3. The van der Waals surface area contributed by atoms with E-state index in [1.165, 1.54) is 0 Å². The van der Waals surface area contributed by atoms with E-state index in [2.05, 4.69) is 21.9 Å². The lowest BCUT2D eigenvalue weighted by Gasteiger charge is -2.35. The number of ether oxygens (including phenoxy) is 1. The molecule has 134 valence electrons. The van der Waals surface area contributed by atoms with Gasteiger partial charge >= 0.3 is 0 Å². The number of halogens is 1. The fraction of sp³-hybridized carbons (Fsp3) is 0.556. The quantitative estimate of drug-likeness (QED) is 0.905. The maximum atomic E-state index is 10.6. The molecule has 1 aromatic heterocycles. The third-order valence-corrected chi connectivity index (χ3v) is 5.58. The number of benzene rings is 1. The topological polar surface area (TPSA) is 63.4 Å². The molecule has 4 rings (SSSR count). The molecule has 4 atom stereocenters. The second-order valence-corrected chi connectivity index (χ2v) is 7.39. The van der Waals surface area contributed by atoms with E-state index in [9.17, 15) is 5.11 Å². The zero-order chi connectivity index (χ0) is 17.4. The Morgan fingerprint density at radius 3 is 2.84 bits per heavy atom. The summed E-state index contributed by atoms with van der Waals surface area (Å²) in [5.41, 5.74) is 0. The Balaban J connectivity index is 1.45. The molecule has 0 radical (unpaired) electrons. The summed E-state index contributed by atoms with van der Waals surface area (Å²) in [7, 11) is 0. The van der Waals surface area contributed by atoms with Crippen molar-refractivity contribution < 1.29 is 9.84 Å². The summed E-state index contributed by atoms with van der Waals surface area (Å²) in [6.45, 7) is 4.74. The largest absolute Gasteiger partial charge is 0.488 e. The number of rotatable bonds is 4. The van der Waals surface area contributed by atoms with Crippen LogP contribution in [0.15, 0.2) is 30.6 Å². The average Bonchev–Trinajstić information content (AvgIpc) is 3.21. The van der Waals surface area contributed by atoms with Crippen LogP contribution in [0.2, 0.25) is 5.02 Å². The standard InChI is InChI=1S/C18H23ClN4O2/c1-2-23-18(20-11-21-23)22-9-12-6-16(24)17(7-13(12)10-22)25-15-5-3-4-14(19)8-15/h3-5,8,11-13,16-17,24H,2,6-7,9-10H2,1H3/t12-,13+,16+,17+/m0/s1. The number of nitrogens with zero attached hydrogens (tertiary/aromatic N) is 4. The Morgan fingerprint density at radius 1 is 1.28 bits per heavy atom. The van der Waals surface area contributed by atoms with E-state index >= 15 is 0 Å². The monoisotopic (exact) mass is 362 g/mol. The highest BCUT2D eigenvalue weighted by atomic mass is 35.5. The van der Waals surface area contributed by atoms with Crippen molar-refractivity contribution in [2.45, 2.75) is 38.5 Å². The Hall–Kier alpha value is -1.79. The number of aliphatic hydroxyl groups is 1. The second-order valence-electron chi connectivity index (χ2n) is 6.95. The van der Waals surface area contributed by atoms with Crippen LogP contribution in [0.5, 0.6) is 5.75 Å². The van der Waals surface area contributed by atoms with Crippen molar-refractivity contribution in [1.82, 2.24) is 14.8 Å². The molecular formula is C18H23ClN4O2. The fourth-order valence-electron chi connectivity index (χ4n) is 4.12. The number of anilines is 1. The van der Waals surface area contributed by atoms with Gasteiger partial charge in [-0.1, -0.05) is 17.7 Å². The average molecular weight is 363 g/mol. The van der Waals surface area contributed by atoms with Gasteiger partial charge in [-0.25, -0.2) is 4.68 Å². The van der Waals surface area contributed by atoms with Gasteiger partial charge in [0, 0.05) is 24.7 Å². The molecule has 2 heterocycles. The number of hydrogen-bond donors (Lipinski definition) is 1. The van der Waals surface area contributed by atoms with Gasteiger partial charge in [0.15, 0.2) is 0 Å². The summed E-state index contributed by atoms with van der Waals surface area (Å²) in [4.78, 5) is 6.70. The Bertz CT molecular complexity index is 737. The molecule has 1 aromatic carbocycles. The molecule has 1 aliphatic heterocycles. The number of aryl methyl sites for hydroxylation is 1. The van der Waals surface area contributed by atoms with Crippen molar-refractivity contribution in [3.8, 4) is 5.75 Å². The molecule has 1 saturated heterocycles. The number of hydrogen-bond acceptors (Lipinski definition) is 5. The highest BCUT2D eigenvalue weighted by Gasteiger charge is 2.43. The first-order chi connectivity index (χ1) is 12.1. The highest BCUT2D eigenvalue weighted by Crippen LogP contribution is 2.39. The first-order valence-electron chi connectivity index (χ1n) is 8.87. The van der Waals surface area contributed by atoms with E-state index in [0.29, 0.717) is 16.9 Å². The van der Waals surface area contributed by atoms with E-state index in [-0.39, 0.29) is 6.10 Å². The first-order valence-corrected chi connectivity index (χ1v) is 9.25. The zero-order valence-corrected chi connectivity index (χ0v) is 15.0. The van der Waals surface area contributed by atoms with E-state index < -0.39 is 6.10 Å². The minimum absolute atomic E-state index is 0.191. The van der Waals surface area contributed by atoms with Crippen molar-refractivity contribution in [2.75, 3.05) is 18.0 Å². The van der Waals surface area contributed by atoms with E-state index in [1.54, 1.807) is 12.4 Å². The van der Waals surface area contributed by atoms with E-state index in [0.717, 1.165) is 44.2 Å². The minimum Gasteiger partial charge on any atom is -0.488 e. The molecule has 0 amide bonds. The van der Waals surface area contributed by atoms with Crippen molar-refractivity contribution in [2.24, 2.45) is 11.8 Å². The maximum absolute atomic E-state index is 10.6. The SMILES string of the molecule is CCn1ncnc1N1C[C@H]2C[C@@H](Oc3cccc(Cl)c3)[C@H](O)C[C@H]2C1. The van der Waals surface area contributed by atoms with Crippen LogP contribution >= 0.6 is 11.6 Å². The number of fused-ring (bicyclic) bond motifs is 1. The number of aliphatic hydroxyl groups excluding tert-OH is 1. The van der Waals surface area contributed by atoms with Gasteiger partial charge in [-0.3, -0.25) is 0 Å². The fourth-order valence-corrected chi connectivity index (χ4v) is 4.30. The van der Waals surface area contributed by atoms with Crippen LogP contribution in [-0.2, 0) is 6.54 Å². The summed E-state index contributed by atoms with van der Waals surface area (Å²) in [5.74, 6) is 2.61. The van der Waals surface area contributed by atoms with Gasteiger partial charge < -0.3 is 14.7 Å². The van der Waals surface area contributed by atoms with Gasteiger partial charge in [0.25, 0.3) is 0 Å². The molecule has 0 unspecified atom stereocenters. The molecule has 25 heavy (non-hydrogen) atoms. The Morgan fingerprint density at radius 2 is 2.08 bits per heavy atom. The lowest BCUT2D eigenvalue weighted by Crippen LogP contribution is -2.42. The molecular weight excluding hydrogens is 340 g/mol. The smallest absolute Gasteiger partial charge is 0.223 e. The summed E-state index contributed by atoms with van der Waals surface area (Å²) >= 11 is 6.03. The Kier molecular flexibility index (Phi) is 4.56. The van der Waals surface area contributed by atoms with Crippen LogP contribution in [0.3, 0.4) is 0 Å². The normalized spacial score (nSPS) is 28.8. The highest BCUT2D eigenvalue weighted by molar-refractivity contribution is 6.30. The lowest BCUT2D eigenvalue weighted by atomic mass is 9.78. The van der Waals surface area contributed by atoms with Crippen LogP contribution < -0.4 is 9.64 Å². The van der Waals surface area contributed by atoms with Gasteiger partial charge in [-0.2, -0.15) is 10.1 Å². The summed E-state index contributed by atoms with van der Waals surface area (Å²) < 4.78 is 7.97. The van der Waals surface area contributed by atoms with Crippen LogP contribution in [0.4, 0.5) is 5.95 Å². The summed E-state index contributed by atoms with van der Waals surface area (Å²) in [6, 6.07) is 7.37. The lowest BCUT2D eigenvalue weighted by molar-refractivity contribution is -0.0231. The van der Waals surface area contributed by atoms with Crippen molar-refractivity contribution in [3.05, 3.63) is 35.6 Å². The molecule has 2 fully saturated rings. The van der Waals surface area contributed by atoms with E-state index in [4.69, 9.17) is 16.3 Å². The first kappa shape index (κ1) is 16.7. The predicted molar refractivity (Wildman–Crippen MR) is 96.0 cm³/mol. The van der Waals surface area contributed by atoms with Crippen LogP contribution in [-0.4, -0.2) is 45.2 Å². The van der Waals surface area contributed by atoms with Crippen LogP contribution in [0, 0.1) is 11.8 Å². The molecule has 1 aliphatic carbocycles. The molecule has 7 heteroatoms. The Labute approximate surface area is 152 Å². The maximum Gasteiger partial charge on any atom is 0.223 e. The van der Waals surface area contributed by atoms with Gasteiger partial charge in [0.05, 0.1) is 6.10 Å². The second kappa shape index (κ2) is 6.84. The van der Waals surface area contributed by atoms with Gasteiger partial charge in [-0.15, -0.1) is 0 Å². The summed E-state index contributed by atoms with van der Waals surface area (Å²) in [5, 5.41) is 15.5. The molecule has 0 bridgehead atoms.